The molecule has 0 spiro atoms. The van der Waals surface area contributed by atoms with Gasteiger partial charge in [0.2, 0.25) is 0 Å². The van der Waals surface area contributed by atoms with Gasteiger partial charge in [0.1, 0.15) is 5.75 Å². The third kappa shape index (κ3) is 5.95. The lowest BCUT2D eigenvalue weighted by atomic mass is 10.1. The molecule has 3 aromatic rings. The predicted octanol–water partition coefficient (Wildman–Crippen LogP) is 5.05. The van der Waals surface area contributed by atoms with Gasteiger partial charge in [0.15, 0.2) is 0 Å². The molecule has 0 bridgehead atoms. The maximum Gasteiger partial charge on any atom is 0.255 e. The highest BCUT2D eigenvalue weighted by molar-refractivity contribution is 6.05. The average molecular weight is 402 g/mol. The molecule has 5 nitrogen and oxygen atoms in total. The summed E-state index contributed by atoms with van der Waals surface area (Å²) in [5.41, 5.74) is 2.59. The predicted molar refractivity (Wildman–Crippen MR) is 119 cm³/mol. The lowest BCUT2D eigenvalue weighted by molar-refractivity contribution is 0.0949. The lowest BCUT2D eigenvalue weighted by Crippen LogP contribution is -2.23. The molecule has 0 heterocycles. The number of hydrogen-bond donors (Lipinski definition) is 2. The second-order valence-corrected chi connectivity index (χ2v) is 7.06. The first-order valence-electron chi connectivity index (χ1n) is 10.1. The van der Waals surface area contributed by atoms with E-state index >= 15 is 0 Å². The van der Waals surface area contributed by atoms with Gasteiger partial charge < -0.3 is 15.4 Å². The van der Waals surface area contributed by atoms with E-state index in [2.05, 4.69) is 17.6 Å². The van der Waals surface area contributed by atoms with Crippen LogP contribution in [0.5, 0.6) is 5.75 Å². The van der Waals surface area contributed by atoms with E-state index in [1.807, 2.05) is 37.3 Å². The molecule has 5 heteroatoms. The van der Waals surface area contributed by atoms with Crippen LogP contribution < -0.4 is 15.4 Å². The Balaban J connectivity index is 1.60. The maximum absolute atomic E-state index is 12.5. The van der Waals surface area contributed by atoms with Crippen LogP contribution in [0.3, 0.4) is 0 Å². The van der Waals surface area contributed by atoms with E-state index in [0.29, 0.717) is 23.4 Å². The standard InChI is InChI=1S/C25H26N2O3/c1-3-18(2)30-23-14-12-20(13-15-23)25(29)27-22-11-7-10-21(16-22)24(28)26-17-19-8-5-4-6-9-19/h4-16,18H,3,17H2,1-2H3,(H,26,28)(H,27,29). The number of amides is 2. The number of hydrogen-bond acceptors (Lipinski definition) is 3. The highest BCUT2D eigenvalue weighted by Crippen LogP contribution is 2.17. The van der Waals surface area contributed by atoms with Crippen molar-refractivity contribution in [3.05, 3.63) is 95.6 Å². The molecular formula is C25H26N2O3. The van der Waals surface area contributed by atoms with Crippen LogP contribution in [0.1, 0.15) is 46.5 Å². The molecule has 1 unspecified atom stereocenters. The minimum absolute atomic E-state index is 0.125. The number of carbonyl (C=O) groups is 2. The van der Waals surface area contributed by atoms with Crippen LogP contribution in [0, 0.1) is 0 Å². The zero-order valence-electron chi connectivity index (χ0n) is 17.2. The van der Waals surface area contributed by atoms with Crippen LogP contribution in [0.4, 0.5) is 5.69 Å². The van der Waals surface area contributed by atoms with Gasteiger partial charge in [0.25, 0.3) is 11.8 Å². The van der Waals surface area contributed by atoms with Gasteiger partial charge in [-0.05, 0) is 61.4 Å². The van der Waals surface area contributed by atoms with Crippen molar-refractivity contribution in [1.82, 2.24) is 5.32 Å². The summed E-state index contributed by atoms with van der Waals surface area (Å²) < 4.78 is 5.74. The number of carbonyl (C=O) groups excluding carboxylic acids is 2. The average Bonchev–Trinajstić information content (AvgIpc) is 2.78. The first-order valence-corrected chi connectivity index (χ1v) is 10.1. The zero-order valence-corrected chi connectivity index (χ0v) is 17.2. The number of ether oxygens (including phenoxy) is 1. The number of benzene rings is 3. The molecule has 0 radical (unpaired) electrons. The second kappa shape index (κ2) is 10.3. The smallest absolute Gasteiger partial charge is 0.255 e. The Kier molecular flexibility index (Phi) is 7.22. The number of rotatable bonds is 8. The molecule has 2 amide bonds. The van der Waals surface area contributed by atoms with Crippen molar-refractivity contribution in [2.45, 2.75) is 32.9 Å². The fraction of sp³-hybridized carbons (Fsp3) is 0.200. The van der Waals surface area contributed by atoms with E-state index in [0.717, 1.165) is 17.7 Å². The van der Waals surface area contributed by atoms with Gasteiger partial charge in [-0.3, -0.25) is 9.59 Å². The molecule has 0 fully saturated rings. The summed E-state index contributed by atoms with van der Waals surface area (Å²) in [7, 11) is 0. The van der Waals surface area contributed by atoms with Crippen molar-refractivity contribution in [3.63, 3.8) is 0 Å². The third-order valence-electron chi connectivity index (χ3n) is 4.71. The van der Waals surface area contributed by atoms with Gasteiger partial charge in [0, 0.05) is 23.4 Å². The molecule has 3 aromatic carbocycles. The normalized spacial score (nSPS) is 11.4. The first kappa shape index (κ1) is 21.1. The molecule has 1 atom stereocenters. The maximum atomic E-state index is 12.5. The molecule has 0 saturated heterocycles. The van der Waals surface area contributed by atoms with Crippen molar-refractivity contribution in [1.29, 1.82) is 0 Å². The highest BCUT2D eigenvalue weighted by Gasteiger charge is 2.10. The SMILES string of the molecule is CCC(C)Oc1ccc(C(=O)Nc2cccc(C(=O)NCc3ccccc3)c2)cc1. The third-order valence-corrected chi connectivity index (χ3v) is 4.71. The molecule has 0 aliphatic carbocycles. The van der Waals surface area contributed by atoms with E-state index in [4.69, 9.17) is 4.74 Å². The van der Waals surface area contributed by atoms with E-state index in [9.17, 15) is 9.59 Å². The molecule has 0 saturated carbocycles. The largest absolute Gasteiger partial charge is 0.491 e. The fourth-order valence-corrected chi connectivity index (χ4v) is 2.82. The van der Waals surface area contributed by atoms with Crippen LogP contribution in [0.25, 0.3) is 0 Å². The molecule has 154 valence electrons. The lowest BCUT2D eigenvalue weighted by Gasteiger charge is -2.13. The van der Waals surface area contributed by atoms with Gasteiger partial charge in [-0.15, -0.1) is 0 Å². The molecule has 2 N–H and O–H groups in total. The van der Waals surface area contributed by atoms with Gasteiger partial charge in [-0.2, -0.15) is 0 Å². The zero-order chi connectivity index (χ0) is 21.3. The van der Waals surface area contributed by atoms with Crippen LogP contribution >= 0.6 is 0 Å². The molecule has 30 heavy (non-hydrogen) atoms. The number of anilines is 1. The molecular weight excluding hydrogens is 376 g/mol. The first-order chi connectivity index (χ1) is 14.5. The Labute approximate surface area is 177 Å². The summed E-state index contributed by atoms with van der Waals surface area (Å²) in [6.07, 6.45) is 1.04. The van der Waals surface area contributed by atoms with Crippen LogP contribution in [0.15, 0.2) is 78.9 Å². The highest BCUT2D eigenvalue weighted by atomic mass is 16.5. The van der Waals surface area contributed by atoms with E-state index in [1.165, 1.54) is 0 Å². The van der Waals surface area contributed by atoms with Crippen molar-refractivity contribution in [3.8, 4) is 5.75 Å². The Morgan fingerprint density at radius 2 is 1.60 bits per heavy atom. The number of nitrogens with one attached hydrogen (secondary N) is 2. The summed E-state index contributed by atoms with van der Waals surface area (Å²) in [4.78, 5) is 25.0. The van der Waals surface area contributed by atoms with E-state index < -0.39 is 0 Å². The molecule has 0 aliphatic heterocycles. The van der Waals surface area contributed by atoms with E-state index in [-0.39, 0.29) is 17.9 Å². The topological polar surface area (TPSA) is 67.4 Å². The molecule has 0 aromatic heterocycles. The van der Waals surface area contributed by atoms with Crippen molar-refractivity contribution < 1.29 is 14.3 Å². The Bertz CT molecular complexity index is 985. The summed E-state index contributed by atoms with van der Waals surface area (Å²) >= 11 is 0. The summed E-state index contributed by atoms with van der Waals surface area (Å²) in [6, 6.07) is 23.6. The van der Waals surface area contributed by atoms with Gasteiger partial charge in [-0.25, -0.2) is 0 Å². The molecule has 0 aliphatic rings. The minimum Gasteiger partial charge on any atom is -0.491 e. The van der Waals surface area contributed by atoms with Crippen molar-refractivity contribution in [2.75, 3.05) is 5.32 Å². The monoisotopic (exact) mass is 402 g/mol. The quantitative estimate of drug-likeness (QED) is 0.554. The fourth-order valence-electron chi connectivity index (χ4n) is 2.82. The molecule has 3 rings (SSSR count). The second-order valence-electron chi connectivity index (χ2n) is 7.06. The van der Waals surface area contributed by atoms with Crippen molar-refractivity contribution in [2.24, 2.45) is 0 Å². The van der Waals surface area contributed by atoms with Gasteiger partial charge in [0.05, 0.1) is 6.10 Å². The summed E-state index contributed by atoms with van der Waals surface area (Å²) in [5.74, 6) is 0.298. The summed E-state index contributed by atoms with van der Waals surface area (Å²) in [6.45, 7) is 4.51. The minimum atomic E-state index is -0.244. The van der Waals surface area contributed by atoms with Crippen LogP contribution in [-0.4, -0.2) is 17.9 Å². The van der Waals surface area contributed by atoms with Crippen molar-refractivity contribution >= 4 is 17.5 Å². The Morgan fingerprint density at radius 1 is 0.867 bits per heavy atom. The Hall–Kier alpha value is -3.60. The van der Waals surface area contributed by atoms with Crippen LogP contribution in [-0.2, 0) is 6.54 Å². The van der Waals surface area contributed by atoms with Crippen LogP contribution in [0.2, 0.25) is 0 Å². The van der Waals surface area contributed by atoms with E-state index in [1.54, 1.807) is 48.5 Å². The van der Waals surface area contributed by atoms with Gasteiger partial charge in [-0.1, -0.05) is 43.3 Å². The summed E-state index contributed by atoms with van der Waals surface area (Å²) in [5, 5.41) is 5.73. The van der Waals surface area contributed by atoms with Gasteiger partial charge >= 0.3 is 0 Å². The Morgan fingerprint density at radius 3 is 2.30 bits per heavy atom.